The molecule has 3 aromatic heterocycles. The lowest BCUT2D eigenvalue weighted by Crippen LogP contribution is -2.13. The van der Waals surface area contributed by atoms with E-state index in [1.165, 1.54) is 11.3 Å². The van der Waals surface area contributed by atoms with Gasteiger partial charge in [-0.05, 0) is 30.7 Å². The predicted octanol–water partition coefficient (Wildman–Crippen LogP) is 4.02. The lowest BCUT2D eigenvalue weighted by atomic mass is 10.1. The molecule has 4 aromatic rings. The molecule has 1 N–H and O–H groups in total. The van der Waals surface area contributed by atoms with Crippen LogP contribution in [0.4, 0.5) is 5.69 Å². The number of hydrogen-bond donors (Lipinski definition) is 1. The van der Waals surface area contributed by atoms with Crippen molar-refractivity contribution in [2.75, 3.05) is 5.32 Å². The van der Waals surface area contributed by atoms with Crippen LogP contribution in [0.5, 0.6) is 0 Å². The van der Waals surface area contributed by atoms with Gasteiger partial charge in [0.1, 0.15) is 10.2 Å². The predicted molar refractivity (Wildman–Crippen MR) is 105 cm³/mol. The Morgan fingerprint density at radius 2 is 2.15 bits per heavy atom. The number of rotatable bonds is 4. The van der Waals surface area contributed by atoms with Gasteiger partial charge < -0.3 is 5.32 Å². The zero-order valence-corrected chi connectivity index (χ0v) is 16.2. The number of carbonyl (C=O) groups excluding carboxylic acids is 1. The average molecular weight is 399 g/mol. The van der Waals surface area contributed by atoms with E-state index in [4.69, 9.17) is 11.6 Å². The third-order valence-corrected chi connectivity index (χ3v) is 5.36. The summed E-state index contributed by atoms with van der Waals surface area (Å²) in [7, 11) is 0. The fourth-order valence-electron chi connectivity index (χ4n) is 2.63. The van der Waals surface area contributed by atoms with Crippen LogP contribution in [0, 0.1) is 6.92 Å². The van der Waals surface area contributed by atoms with Gasteiger partial charge in [-0.2, -0.15) is 9.61 Å². The zero-order valence-electron chi connectivity index (χ0n) is 14.6. The fourth-order valence-corrected chi connectivity index (χ4v) is 3.69. The van der Waals surface area contributed by atoms with E-state index in [2.05, 4.69) is 25.6 Å². The molecule has 0 fully saturated rings. The van der Waals surface area contributed by atoms with Gasteiger partial charge in [0.05, 0.1) is 5.56 Å². The monoisotopic (exact) mass is 398 g/mol. The highest BCUT2D eigenvalue weighted by atomic mass is 35.5. The van der Waals surface area contributed by atoms with Crippen molar-refractivity contribution in [3.8, 4) is 10.6 Å². The van der Waals surface area contributed by atoms with Gasteiger partial charge >= 0.3 is 0 Å². The molecule has 0 saturated carbocycles. The highest BCUT2D eigenvalue weighted by molar-refractivity contribution is 7.19. The molecule has 0 saturated heterocycles. The molecule has 0 atom stereocenters. The SMILES string of the molecule is CCc1nnc2sc(-c3ccc(C)c(NC(=O)c4cccnc4Cl)c3)nn12. The van der Waals surface area contributed by atoms with E-state index in [1.807, 2.05) is 32.0 Å². The average Bonchev–Trinajstić information content (AvgIpc) is 3.24. The van der Waals surface area contributed by atoms with Crippen LogP contribution < -0.4 is 5.32 Å². The second kappa shape index (κ2) is 7.05. The summed E-state index contributed by atoms with van der Waals surface area (Å²) in [6.45, 7) is 3.94. The number of aryl methyl sites for hydroxylation is 2. The van der Waals surface area contributed by atoms with Crippen LogP contribution in [0.2, 0.25) is 5.15 Å². The van der Waals surface area contributed by atoms with Crippen molar-refractivity contribution in [2.45, 2.75) is 20.3 Å². The van der Waals surface area contributed by atoms with Crippen molar-refractivity contribution >= 4 is 39.5 Å². The van der Waals surface area contributed by atoms with Gasteiger partial charge in [0.2, 0.25) is 4.96 Å². The summed E-state index contributed by atoms with van der Waals surface area (Å²) in [4.78, 5) is 17.2. The number of aromatic nitrogens is 5. The smallest absolute Gasteiger partial charge is 0.258 e. The van der Waals surface area contributed by atoms with Crippen LogP contribution >= 0.6 is 22.9 Å². The van der Waals surface area contributed by atoms with Crippen LogP contribution in [0.1, 0.15) is 28.7 Å². The minimum Gasteiger partial charge on any atom is -0.322 e. The topological polar surface area (TPSA) is 85.1 Å². The first-order valence-corrected chi connectivity index (χ1v) is 9.50. The van der Waals surface area contributed by atoms with Crippen LogP contribution in [-0.2, 0) is 6.42 Å². The first-order chi connectivity index (χ1) is 13.1. The number of amides is 1. The maximum atomic E-state index is 12.5. The number of benzene rings is 1. The molecule has 1 amide bonds. The Bertz CT molecular complexity index is 1150. The normalized spacial score (nSPS) is 11.1. The molecule has 0 radical (unpaired) electrons. The summed E-state index contributed by atoms with van der Waals surface area (Å²) < 4.78 is 1.76. The molecule has 3 heterocycles. The molecule has 0 aliphatic heterocycles. The summed E-state index contributed by atoms with van der Waals surface area (Å²) in [6.07, 6.45) is 2.30. The van der Waals surface area contributed by atoms with Gasteiger partial charge in [0, 0.05) is 23.9 Å². The highest BCUT2D eigenvalue weighted by Crippen LogP contribution is 2.29. The molecule has 27 heavy (non-hydrogen) atoms. The van der Waals surface area contributed by atoms with Crippen LogP contribution in [-0.4, -0.2) is 30.7 Å². The molecule has 7 nitrogen and oxygen atoms in total. The highest BCUT2D eigenvalue weighted by Gasteiger charge is 2.15. The number of fused-ring (bicyclic) bond motifs is 1. The van der Waals surface area contributed by atoms with Crippen molar-refractivity contribution in [1.82, 2.24) is 24.8 Å². The van der Waals surface area contributed by atoms with Crippen LogP contribution in [0.3, 0.4) is 0 Å². The molecule has 0 spiro atoms. The van der Waals surface area contributed by atoms with E-state index in [-0.39, 0.29) is 11.1 Å². The molecule has 136 valence electrons. The molecule has 0 unspecified atom stereocenters. The van der Waals surface area contributed by atoms with Gasteiger partial charge in [-0.15, -0.1) is 10.2 Å². The van der Waals surface area contributed by atoms with Crippen molar-refractivity contribution < 1.29 is 4.79 Å². The van der Waals surface area contributed by atoms with Crippen LogP contribution in [0.25, 0.3) is 15.5 Å². The summed E-state index contributed by atoms with van der Waals surface area (Å²) in [6, 6.07) is 9.13. The number of pyridine rings is 1. The molecular formula is C18H15ClN6OS. The molecule has 0 aliphatic rings. The maximum absolute atomic E-state index is 12.5. The number of nitrogens with zero attached hydrogens (tertiary/aromatic N) is 5. The first kappa shape index (κ1) is 17.6. The Labute approximate surface area is 164 Å². The fraction of sp³-hybridized carbons (Fsp3) is 0.167. The molecule has 4 rings (SSSR count). The molecule has 1 aromatic carbocycles. The largest absolute Gasteiger partial charge is 0.322 e. The summed E-state index contributed by atoms with van der Waals surface area (Å²) >= 11 is 7.47. The van der Waals surface area contributed by atoms with Crippen molar-refractivity contribution in [3.05, 3.63) is 58.6 Å². The second-order valence-electron chi connectivity index (χ2n) is 5.90. The number of anilines is 1. The van der Waals surface area contributed by atoms with Crippen LogP contribution in [0.15, 0.2) is 36.5 Å². The van der Waals surface area contributed by atoms with Gasteiger partial charge in [-0.1, -0.05) is 42.0 Å². The Hall–Kier alpha value is -2.84. The summed E-state index contributed by atoms with van der Waals surface area (Å²) in [5.41, 5.74) is 2.85. The van der Waals surface area contributed by atoms with E-state index < -0.39 is 0 Å². The first-order valence-electron chi connectivity index (χ1n) is 8.31. The number of carbonyl (C=O) groups is 1. The Balaban J connectivity index is 1.67. The second-order valence-corrected chi connectivity index (χ2v) is 7.21. The standard InChI is InChI=1S/C18H15ClN6OS/c1-3-14-22-23-18-25(14)24-17(27-18)11-7-6-10(2)13(9-11)21-16(26)12-5-4-8-20-15(12)19/h4-9H,3H2,1-2H3,(H,21,26). The van der Waals surface area contributed by atoms with E-state index in [0.717, 1.165) is 33.3 Å². The lowest BCUT2D eigenvalue weighted by Gasteiger charge is -2.10. The quantitative estimate of drug-likeness (QED) is 0.524. The van der Waals surface area contributed by atoms with Crippen molar-refractivity contribution in [3.63, 3.8) is 0 Å². The van der Waals surface area contributed by atoms with Crippen molar-refractivity contribution in [1.29, 1.82) is 0 Å². The lowest BCUT2D eigenvalue weighted by molar-refractivity contribution is 0.102. The number of nitrogens with one attached hydrogen (secondary N) is 1. The minimum atomic E-state index is -0.306. The molecular weight excluding hydrogens is 384 g/mol. The Kier molecular flexibility index (Phi) is 4.59. The van der Waals surface area contributed by atoms with E-state index >= 15 is 0 Å². The van der Waals surface area contributed by atoms with E-state index in [0.29, 0.717) is 11.3 Å². The van der Waals surface area contributed by atoms with Gasteiger partial charge in [0.25, 0.3) is 5.91 Å². The van der Waals surface area contributed by atoms with Crippen molar-refractivity contribution in [2.24, 2.45) is 0 Å². The Morgan fingerprint density at radius 3 is 2.93 bits per heavy atom. The maximum Gasteiger partial charge on any atom is 0.258 e. The molecule has 0 bridgehead atoms. The number of hydrogen-bond acceptors (Lipinski definition) is 6. The minimum absolute atomic E-state index is 0.171. The van der Waals surface area contributed by atoms with Gasteiger partial charge in [0.15, 0.2) is 5.82 Å². The van der Waals surface area contributed by atoms with Gasteiger partial charge in [-0.3, -0.25) is 4.79 Å². The zero-order chi connectivity index (χ0) is 19.0. The Morgan fingerprint density at radius 1 is 1.30 bits per heavy atom. The van der Waals surface area contributed by atoms with E-state index in [9.17, 15) is 4.79 Å². The van der Waals surface area contributed by atoms with E-state index in [1.54, 1.807) is 22.8 Å². The molecule has 0 aliphatic carbocycles. The summed E-state index contributed by atoms with van der Waals surface area (Å²) in [5, 5.41) is 16.7. The summed E-state index contributed by atoms with van der Waals surface area (Å²) in [5.74, 6) is 0.513. The third-order valence-electron chi connectivity index (χ3n) is 4.11. The van der Waals surface area contributed by atoms with Gasteiger partial charge in [-0.25, -0.2) is 4.98 Å². The third kappa shape index (κ3) is 3.29. The number of halogens is 1. The molecule has 9 heteroatoms.